The molecule has 11 heteroatoms. The Morgan fingerprint density at radius 1 is 1.21 bits per heavy atom. The van der Waals surface area contributed by atoms with Crippen LogP contribution in [0.5, 0.6) is 5.88 Å². The molecule has 11 nitrogen and oxygen atoms in total. The number of aromatic amines is 2. The number of hydrogen-bond acceptors (Lipinski definition) is 8. The number of hydrogen-bond donors (Lipinski definition) is 4. The lowest BCUT2D eigenvalue weighted by Gasteiger charge is -2.15. The predicted molar refractivity (Wildman–Crippen MR) is 125 cm³/mol. The van der Waals surface area contributed by atoms with E-state index in [4.69, 9.17) is 4.99 Å². The van der Waals surface area contributed by atoms with Gasteiger partial charge in [0.15, 0.2) is 5.65 Å². The van der Waals surface area contributed by atoms with Crippen LogP contribution in [0.2, 0.25) is 0 Å². The Morgan fingerprint density at radius 3 is 2.82 bits per heavy atom. The van der Waals surface area contributed by atoms with Crippen LogP contribution in [-0.4, -0.2) is 58.7 Å². The molecule has 2 aliphatic rings. The lowest BCUT2D eigenvalue weighted by atomic mass is 10.2. The van der Waals surface area contributed by atoms with Crippen molar-refractivity contribution in [3.8, 4) is 5.88 Å². The number of H-pyrrole nitrogens is 2. The van der Waals surface area contributed by atoms with Gasteiger partial charge in [-0.2, -0.15) is 19.6 Å². The molecule has 0 amide bonds. The first kappa shape index (κ1) is 20.6. The van der Waals surface area contributed by atoms with E-state index < -0.39 is 5.69 Å². The summed E-state index contributed by atoms with van der Waals surface area (Å²) in [6.45, 7) is 3.22. The Hall–Kier alpha value is -3.99. The van der Waals surface area contributed by atoms with Crippen LogP contribution in [0.25, 0.3) is 11.7 Å². The van der Waals surface area contributed by atoms with Gasteiger partial charge in [-0.05, 0) is 62.5 Å². The number of aromatic hydroxyl groups is 1. The van der Waals surface area contributed by atoms with Crippen LogP contribution in [0.1, 0.15) is 36.9 Å². The quantitative estimate of drug-likeness (QED) is 0.334. The average Bonchev–Trinajstić information content (AvgIpc) is 3.15. The van der Waals surface area contributed by atoms with Gasteiger partial charge < -0.3 is 15.4 Å². The van der Waals surface area contributed by atoms with Crippen molar-refractivity contribution in [3.05, 3.63) is 63.0 Å². The molecule has 0 bridgehead atoms. The molecule has 0 spiro atoms. The molecular weight excluding hydrogens is 434 g/mol. The van der Waals surface area contributed by atoms with Gasteiger partial charge in [0, 0.05) is 17.5 Å². The van der Waals surface area contributed by atoms with E-state index in [1.54, 1.807) is 16.8 Å². The lowest BCUT2D eigenvalue weighted by Crippen LogP contribution is -2.24. The molecule has 0 unspecified atom stereocenters. The molecule has 1 saturated heterocycles. The molecule has 1 saturated carbocycles. The Bertz CT molecular complexity index is 1520. The SMILES string of the molecule is O=c1[nH]c(O)c(C=c2cnn3c(=NC4CC4)nc(Nc4cccc(CN5CCCC5)c4)nc23)[nH]1. The Labute approximate surface area is 193 Å². The minimum absolute atomic E-state index is 0.241. The van der Waals surface area contributed by atoms with Crippen molar-refractivity contribution < 1.29 is 5.11 Å². The zero-order chi connectivity index (χ0) is 23.1. The molecule has 1 aliphatic carbocycles. The van der Waals surface area contributed by atoms with Gasteiger partial charge in [-0.15, -0.1) is 0 Å². The summed E-state index contributed by atoms with van der Waals surface area (Å²) in [5.41, 5.74) is 2.89. The Kier molecular flexibility index (Phi) is 5.10. The summed E-state index contributed by atoms with van der Waals surface area (Å²) in [5, 5.41) is 18.3. The highest BCUT2D eigenvalue weighted by molar-refractivity contribution is 5.59. The number of imidazole rings is 1. The van der Waals surface area contributed by atoms with E-state index in [0.29, 0.717) is 22.4 Å². The summed E-state index contributed by atoms with van der Waals surface area (Å²) in [7, 11) is 0. The van der Waals surface area contributed by atoms with E-state index >= 15 is 0 Å². The van der Waals surface area contributed by atoms with Gasteiger partial charge >= 0.3 is 5.69 Å². The molecular formula is C23H25N9O2. The van der Waals surface area contributed by atoms with Gasteiger partial charge in [0.25, 0.3) is 5.62 Å². The van der Waals surface area contributed by atoms with Crippen LogP contribution in [0, 0.1) is 0 Å². The zero-order valence-electron chi connectivity index (χ0n) is 18.5. The summed E-state index contributed by atoms with van der Waals surface area (Å²) in [5.74, 6) is 0.168. The zero-order valence-corrected chi connectivity index (χ0v) is 18.5. The number of aromatic nitrogens is 6. The molecule has 1 aromatic carbocycles. The molecule has 1 aliphatic heterocycles. The molecule has 2 fully saturated rings. The van der Waals surface area contributed by atoms with E-state index in [2.05, 4.69) is 47.4 Å². The van der Waals surface area contributed by atoms with Crippen molar-refractivity contribution in [1.82, 2.24) is 34.4 Å². The van der Waals surface area contributed by atoms with Gasteiger partial charge in [-0.25, -0.2) is 9.79 Å². The molecule has 3 aromatic heterocycles. The van der Waals surface area contributed by atoms with Crippen molar-refractivity contribution in [2.45, 2.75) is 38.3 Å². The van der Waals surface area contributed by atoms with Crippen LogP contribution >= 0.6 is 0 Å². The highest BCUT2D eigenvalue weighted by atomic mass is 16.3. The molecule has 4 heterocycles. The highest BCUT2D eigenvalue weighted by Gasteiger charge is 2.21. The van der Waals surface area contributed by atoms with Crippen LogP contribution in [0.4, 0.5) is 11.6 Å². The van der Waals surface area contributed by atoms with Crippen molar-refractivity contribution in [2.24, 2.45) is 4.99 Å². The smallest absolute Gasteiger partial charge is 0.326 e. The fraction of sp³-hybridized carbons (Fsp3) is 0.348. The maximum Gasteiger partial charge on any atom is 0.326 e. The summed E-state index contributed by atoms with van der Waals surface area (Å²) in [4.78, 5) is 32.8. The van der Waals surface area contributed by atoms with E-state index in [1.807, 2.05) is 12.1 Å². The first-order chi connectivity index (χ1) is 16.6. The maximum atomic E-state index is 11.5. The molecule has 6 rings (SSSR count). The average molecular weight is 460 g/mol. The minimum Gasteiger partial charge on any atom is -0.493 e. The van der Waals surface area contributed by atoms with E-state index in [-0.39, 0.29) is 17.6 Å². The summed E-state index contributed by atoms with van der Waals surface area (Å²) < 4.78 is 1.58. The van der Waals surface area contributed by atoms with Gasteiger partial charge in [-0.1, -0.05) is 12.1 Å². The maximum absolute atomic E-state index is 11.5. The number of anilines is 2. The number of likely N-dealkylation sites (tertiary alicyclic amines) is 1. The fourth-order valence-corrected chi connectivity index (χ4v) is 4.21. The van der Waals surface area contributed by atoms with Crippen LogP contribution in [0.3, 0.4) is 0 Å². The first-order valence-electron chi connectivity index (χ1n) is 11.5. The molecule has 174 valence electrons. The Balaban J connectivity index is 1.39. The minimum atomic E-state index is -0.490. The Morgan fingerprint density at radius 2 is 2.06 bits per heavy atom. The number of benzene rings is 1. The number of fused-ring (bicyclic) bond motifs is 1. The largest absolute Gasteiger partial charge is 0.493 e. The van der Waals surface area contributed by atoms with E-state index in [0.717, 1.165) is 38.2 Å². The molecule has 0 radical (unpaired) electrons. The summed E-state index contributed by atoms with van der Waals surface area (Å²) >= 11 is 0. The monoisotopic (exact) mass is 459 g/mol. The van der Waals surface area contributed by atoms with E-state index in [9.17, 15) is 9.90 Å². The topological polar surface area (TPSA) is 140 Å². The number of rotatable bonds is 6. The summed E-state index contributed by atoms with van der Waals surface area (Å²) in [6, 6.07) is 8.53. The summed E-state index contributed by atoms with van der Waals surface area (Å²) in [6.07, 6.45) is 7.82. The second-order valence-corrected chi connectivity index (χ2v) is 8.84. The van der Waals surface area contributed by atoms with Crippen molar-refractivity contribution in [3.63, 3.8) is 0 Å². The van der Waals surface area contributed by atoms with Crippen LogP contribution < -0.4 is 21.8 Å². The van der Waals surface area contributed by atoms with Gasteiger partial charge in [0.05, 0.1) is 12.2 Å². The third-order valence-electron chi connectivity index (χ3n) is 6.05. The van der Waals surface area contributed by atoms with Crippen LogP contribution in [0.15, 0.2) is 40.2 Å². The number of nitrogens with zero attached hydrogens (tertiary/aromatic N) is 6. The predicted octanol–water partition coefficient (Wildman–Crippen LogP) is 0.796. The van der Waals surface area contributed by atoms with Crippen molar-refractivity contribution >= 4 is 23.4 Å². The van der Waals surface area contributed by atoms with Gasteiger partial charge in [-0.3, -0.25) is 9.88 Å². The van der Waals surface area contributed by atoms with Crippen molar-refractivity contribution in [1.29, 1.82) is 0 Å². The molecule has 0 atom stereocenters. The highest BCUT2D eigenvalue weighted by Crippen LogP contribution is 2.22. The van der Waals surface area contributed by atoms with Gasteiger partial charge in [0.1, 0.15) is 5.69 Å². The third-order valence-corrected chi connectivity index (χ3v) is 6.05. The lowest BCUT2D eigenvalue weighted by molar-refractivity contribution is 0.331. The van der Waals surface area contributed by atoms with E-state index in [1.165, 1.54) is 18.4 Å². The van der Waals surface area contributed by atoms with Gasteiger partial charge in [0.2, 0.25) is 11.8 Å². The second-order valence-electron chi connectivity index (χ2n) is 8.84. The number of nitrogens with one attached hydrogen (secondary N) is 3. The third kappa shape index (κ3) is 4.29. The fourth-order valence-electron chi connectivity index (χ4n) is 4.21. The second kappa shape index (κ2) is 8.41. The van der Waals surface area contributed by atoms with Crippen LogP contribution in [-0.2, 0) is 6.54 Å². The standard InChI is InChI=1S/C23H25N9O2/c33-20-18(27-23(34)29-20)11-15-12-24-32-19(15)28-21(30-22(32)26-16-6-7-16)25-17-5-3-4-14(10-17)13-31-8-1-2-9-31/h3-5,10-12,16,33H,1-2,6-9,13H2,(H,25,26,30)(H2,27,29,34). The normalized spacial score (nSPS) is 17.8. The molecule has 4 N–H and O–H groups in total. The van der Waals surface area contributed by atoms with Crippen molar-refractivity contribution in [2.75, 3.05) is 18.4 Å². The molecule has 34 heavy (non-hydrogen) atoms. The first-order valence-corrected chi connectivity index (χ1v) is 11.5. The molecule has 4 aromatic rings.